The summed E-state index contributed by atoms with van der Waals surface area (Å²) in [6.07, 6.45) is 5.55. The van der Waals surface area contributed by atoms with Crippen LogP contribution in [0, 0.1) is 50.2 Å². The molecule has 0 spiro atoms. The number of carbonyl (C=O) groups excluding carboxylic acids is 4. The largest absolute Gasteiger partial charge is 0.469 e. The number of methoxy groups -OCH3 is 1. The van der Waals surface area contributed by atoms with Crippen LogP contribution in [0.5, 0.6) is 0 Å². The molecular formula is C43H66O11. The fourth-order valence-corrected chi connectivity index (χ4v) is 13.2. The number of allylic oxidation sites excluding steroid dienone is 2. The van der Waals surface area contributed by atoms with E-state index in [9.17, 15) is 24.3 Å². The van der Waals surface area contributed by atoms with E-state index in [0.29, 0.717) is 11.8 Å². The number of esters is 4. The van der Waals surface area contributed by atoms with Gasteiger partial charge >= 0.3 is 23.9 Å². The highest BCUT2D eigenvalue weighted by Gasteiger charge is 2.69. The third-order valence-corrected chi connectivity index (χ3v) is 16.1. The van der Waals surface area contributed by atoms with Gasteiger partial charge in [0, 0.05) is 20.8 Å². The first kappa shape index (κ1) is 41.1. The van der Waals surface area contributed by atoms with Gasteiger partial charge in [-0.1, -0.05) is 60.1 Å². The molecule has 5 fully saturated rings. The SMILES string of the molecule is COC(=O)[C@]12CCC(C)(C)C[C@H]1C1=CC[C@@H]3[C@@]4(C)CC[C@H](O[C@@H]5O[C@H](COC(C)=O)[C@H](OC(C)=O)[C@H](OC(C)=O)[C@H]5O)C(C)(C)[C@@H]4CC[C@@]3(C)[C@]1(C)CC2. The second-order valence-corrected chi connectivity index (χ2v) is 19.8. The van der Waals surface area contributed by atoms with Crippen molar-refractivity contribution in [2.45, 2.75) is 170 Å². The standard InChI is InChI=1S/C43H66O11/c1-24(44)50-23-29-34(51-25(2)45)35(52-26(3)46)33(47)36(53-29)54-32-15-16-40(8)30(39(32,6)7)14-17-42(10)31(40)13-12-27-28-22-38(4,5)18-20-43(28,37(48)49-11)21-19-41(27,42)9/h12,28-36,47H,13-23H2,1-11H3/t28-,29+,30-,31+,32-,33+,34-,35+,36-,40-,41+,42+,43-/m0/s1. The van der Waals surface area contributed by atoms with Gasteiger partial charge in [-0.15, -0.1) is 0 Å². The number of rotatable bonds is 7. The molecule has 1 N–H and O–H groups in total. The Kier molecular flexibility index (Phi) is 10.8. The van der Waals surface area contributed by atoms with Crippen molar-refractivity contribution >= 4 is 23.9 Å². The molecule has 0 aromatic carbocycles. The number of hydrogen-bond acceptors (Lipinski definition) is 11. The minimum Gasteiger partial charge on any atom is -0.469 e. The Bertz CT molecular complexity index is 1530. The molecule has 5 aliphatic carbocycles. The van der Waals surface area contributed by atoms with Gasteiger partial charge < -0.3 is 33.5 Å². The summed E-state index contributed by atoms with van der Waals surface area (Å²) in [6, 6.07) is 0. The van der Waals surface area contributed by atoms with E-state index in [2.05, 4.69) is 54.5 Å². The summed E-state index contributed by atoms with van der Waals surface area (Å²) in [7, 11) is 1.55. The minimum atomic E-state index is -1.46. The molecule has 304 valence electrons. The molecule has 0 aromatic rings. The number of carbonyl (C=O) groups is 4. The van der Waals surface area contributed by atoms with Gasteiger partial charge in [-0.05, 0) is 109 Å². The Morgan fingerprint density at radius 2 is 1.46 bits per heavy atom. The average Bonchev–Trinajstić information content (AvgIpc) is 3.07. The van der Waals surface area contributed by atoms with Crippen LogP contribution in [0.4, 0.5) is 0 Å². The van der Waals surface area contributed by atoms with Crippen LogP contribution in [0.3, 0.4) is 0 Å². The fraction of sp³-hybridized carbons (Fsp3) is 0.860. The Balaban J connectivity index is 1.27. The average molecular weight is 759 g/mol. The summed E-state index contributed by atoms with van der Waals surface area (Å²) in [5.41, 5.74) is 0.939. The summed E-state index contributed by atoms with van der Waals surface area (Å²) >= 11 is 0. The molecule has 0 amide bonds. The molecule has 0 bridgehead atoms. The van der Waals surface area contributed by atoms with E-state index >= 15 is 0 Å². The summed E-state index contributed by atoms with van der Waals surface area (Å²) in [6.45, 7) is 20.2. The third kappa shape index (κ3) is 6.53. The molecule has 54 heavy (non-hydrogen) atoms. The molecule has 0 unspecified atom stereocenters. The van der Waals surface area contributed by atoms with E-state index in [4.69, 9.17) is 28.4 Å². The number of ether oxygens (including phenoxy) is 6. The van der Waals surface area contributed by atoms with E-state index < -0.39 is 54.0 Å². The number of aliphatic hydroxyl groups is 1. The van der Waals surface area contributed by atoms with Crippen molar-refractivity contribution in [2.75, 3.05) is 13.7 Å². The molecule has 0 aromatic heterocycles. The maximum atomic E-state index is 13.6. The van der Waals surface area contributed by atoms with E-state index in [-0.39, 0.29) is 51.7 Å². The number of aliphatic hydroxyl groups excluding tert-OH is 1. The normalized spacial score (nSPS) is 44.8. The zero-order chi connectivity index (χ0) is 39.8. The van der Waals surface area contributed by atoms with Gasteiger partial charge in [0.1, 0.15) is 18.8 Å². The van der Waals surface area contributed by atoms with Gasteiger partial charge in [0.15, 0.2) is 18.5 Å². The van der Waals surface area contributed by atoms with Crippen molar-refractivity contribution in [1.82, 2.24) is 0 Å². The van der Waals surface area contributed by atoms with Gasteiger partial charge in [-0.25, -0.2) is 0 Å². The van der Waals surface area contributed by atoms with Crippen LogP contribution in [0.25, 0.3) is 0 Å². The number of fused-ring (bicyclic) bond motifs is 7. The topological polar surface area (TPSA) is 144 Å². The first-order chi connectivity index (χ1) is 25.1. The maximum absolute atomic E-state index is 13.6. The summed E-state index contributed by atoms with van der Waals surface area (Å²) < 4.78 is 34.8. The van der Waals surface area contributed by atoms with Gasteiger partial charge in [0.2, 0.25) is 0 Å². The Hall–Kier alpha value is -2.50. The van der Waals surface area contributed by atoms with Crippen molar-refractivity contribution in [1.29, 1.82) is 0 Å². The first-order valence-electron chi connectivity index (χ1n) is 20.3. The van der Waals surface area contributed by atoms with Crippen LogP contribution in [-0.2, 0) is 47.6 Å². The molecular weight excluding hydrogens is 692 g/mol. The lowest BCUT2D eigenvalue weighted by Gasteiger charge is -2.71. The summed E-state index contributed by atoms with van der Waals surface area (Å²) in [5.74, 6) is -0.971. The van der Waals surface area contributed by atoms with Crippen molar-refractivity contribution < 1.29 is 52.7 Å². The van der Waals surface area contributed by atoms with Crippen LogP contribution in [0.15, 0.2) is 11.6 Å². The second-order valence-electron chi connectivity index (χ2n) is 19.8. The lowest BCUT2D eigenvalue weighted by molar-refractivity contribution is -0.332. The highest BCUT2D eigenvalue weighted by molar-refractivity contribution is 5.78. The molecule has 1 heterocycles. The van der Waals surface area contributed by atoms with Gasteiger partial charge in [-0.3, -0.25) is 19.2 Å². The van der Waals surface area contributed by atoms with Gasteiger partial charge in [0.25, 0.3) is 0 Å². The van der Waals surface area contributed by atoms with E-state index in [0.717, 1.165) is 64.2 Å². The zero-order valence-corrected chi connectivity index (χ0v) is 34.6. The second kappa shape index (κ2) is 14.2. The Labute approximate surface area is 321 Å². The lowest BCUT2D eigenvalue weighted by Crippen LogP contribution is -2.66. The molecule has 1 saturated heterocycles. The van der Waals surface area contributed by atoms with E-state index in [1.807, 2.05) is 0 Å². The molecule has 6 aliphatic rings. The molecule has 4 saturated carbocycles. The molecule has 1 aliphatic heterocycles. The Morgan fingerprint density at radius 1 is 0.815 bits per heavy atom. The van der Waals surface area contributed by atoms with Crippen molar-refractivity contribution in [3.05, 3.63) is 11.6 Å². The van der Waals surface area contributed by atoms with Gasteiger partial charge in [0.05, 0.1) is 18.6 Å². The highest BCUT2D eigenvalue weighted by atomic mass is 16.7. The Morgan fingerprint density at radius 3 is 2.09 bits per heavy atom. The minimum absolute atomic E-state index is 0.00865. The summed E-state index contributed by atoms with van der Waals surface area (Å²) in [5, 5.41) is 11.6. The predicted octanol–water partition coefficient (Wildman–Crippen LogP) is 6.86. The molecule has 0 radical (unpaired) electrons. The van der Waals surface area contributed by atoms with Crippen molar-refractivity contribution in [3.63, 3.8) is 0 Å². The van der Waals surface area contributed by atoms with Crippen molar-refractivity contribution in [2.24, 2.45) is 50.2 Å². The van der Waals surface area contributed by atoms with Crippen LogP contribution in [0.1, 0.15) is 133 Å². The lowest BCUT2D eigenvalue weighted by atomic mass is 9.33. The van der Waals surface area contributed by atoms with Gasteiger partial charge in [-0.2, -0.15) is 0 Å². The van der Waals surface area contributed by atoms with Crippen LogP contribution < -0.4 is 0 Å². The smallest absolute Gasteiger partial charge is 0.312 e. The van der Waals surface area contributed by atoms with Crippen LogP contribution in [0.2, 0.25) is 0 Å². The highest BCUT2D eigenvalue weighted by Crippen LogP contribution is 2.76. The quantitative estimate of drug-likeness (QED) is 0.126. The van der Waals surface area contributed by atoms with Crippen LogP contribution >= 0.6 is 0 Å². The number of hydrogen-bond donors (Lipinski definition) is 1. The third-order valence-electron chi connectivity index (χ3n) is 16.1. The monoisotopic (exact) mass is 758 g/mol. The first-order valence-corrected chi connectivity index (χ1v) is 20.3. The zero-order valence-electron chi connectivity index (χ0n) is 34.6. The maximum Gasteiger partial charge on any atom is 0.312 e. The van der Waals surface area contributed by atoms with Crippen molar-refractivity contribution in [3.8, 4) is 0 Å². The molecule has 11 heteroatoms. The fourth-order valence-electron chi connectivity index (χ4n) is 13.2. The van der Waals surface area contributed by atoms with Crippen LogP contribution in [-0.4, -0.2) is 79.5 Å². The molecule has 13 atom stereocenters. The molecule has 6 rings (SSSR count). The predicted molar refractivity (Wildman–Crippen MR) is 198 cm³/mol. The van der Waals surface area contributed by atoms with E-state index in [1.54, 1.807) is 7.11 Å². The summed E-state index contributed by atoms with van der Waals surface area (Å²) in [4.78, 5) is 49.7. The van der Waals surface area contributed by atoms with E-state index in [1.165, 1.54) is 26.3 Å². The molecule has 11 nitrogen and oxygen atoms in total.